The Morgan fingerprint density at radius 1 is 1.11 bits per heavy atom. The number of ether oxygens (including phenoxy) is 2. The summed E-state index contributed by atoms with van der Waals surface area (Å²) in [5.74, 6) is -4.29. The lowest BCUT2D eigenvalue weighted by Crippen LogP contribution is -2.68. The van der Waals surface area contributed by atoms with Crippen molar-refractivity contribution in [1.82, 2.24) is 0 Å². The summed E-state index contributed by atoms with van der Waals surface area (Å²) in [4.78, 5) is 26.5. The number of rotatable bonds is 4. The van der Waals surface area contributed by atoms with Crippen LogP contribution in [0.5, 0.6) is 17.2 Å². The van der Waals surface area contributed by atoms with Crippen molar-refractivity contribution in [2.45, 2.75) is 55.5 Å². The molecule has 3 aliphatic heterocycles. The second kappa shape index (κ2) is 9.57. The SMILES string of the molecule is O=C(O)C1Cc2cc(O)c3c(c2N1C(=O)C=Cc1ccc(O)cc1)CCC1(O3)OC(CO)C(O)C(O)C1O. The number of benzene rings is 2. The van der Waals surface area contributed by atoms with Crippen LogP contribution >= 0.6 is 0 Å². The minimum atomic E-state index is -1.91. The number of carbonyl (C=O) groups is 2. The van der Waals surface area contributed by atoms with Gasteiger partial charge in [0.1, 0.15) is 36.2 Å². The van der Waals surface area contributed by atoms with Crippen molar-refractivity contribution in [3.8, 4) is 17.2 Å². The number of carboxylic acid groups (broad SMARTS) is 1. The Morgan fingerprint density at radius 2 is 1.82 bits per heavy atom. The zero-order valence-electron chi connectivity index (χ0n) is 20.0. The van der Waals surface area contributed by atoms with Crippen molar-refractivity contribution in [1.29, 1.82) is 0 Å². The number of hydrogen-bond acceptors (Lipinski definition) is 10. The van der Waals surface area contributed by atoms with Crippen LogP contribution in [0.1, 0.15) is 23.1 Å². The molecule has 12 nitrogen and oxygen atoms in total. The second-order valence-corrected chi connectivity index (χ2v) is 9.58. The van der Waals surface area contributed by atoms with E-state index in [1.807, 2.05) is 0 Å². The summed E-state index contributed by atoms with van der Waals surface area (Å²) in [6, 6.07) is 6.08. The standard InChI is InChI=1S/C26H27NO11/c28-11-18-21(32)22(33)24(34)26(37-18)8-7-15-20-13(10-17(30)23(15)38-26)9-16(25(35)36)27(20)19(31)6-3-12-1-4-14(29)5-2-12/h1-6,10,16,18,21-22,24,28-30,32-34H,7-9,11H2,(H,35,36). The number of fused-ring (bicyclic) bond motifs is 3. The molecule has 202 valence electrons. The molecule has 38 heavy (non-hydrogen) atoms. The molecule has 0 bridgehead atoms. The fourth-order valence-corrected chi connectivity index (χ4v) is 5.33. The predicted octanol–water partition coefficient (Wildman–Crippen LogP) is -0.351. The van der Waals surface area contributed by atoms with Gasteiger partial charge >= 0.3 is 5.97 Å². The van der Waals surface area contributed by atoms with Crippen LogP contribution in [0.4, 0.5) is 5.69 Å². The van der Waals surface area contributed by atoms with Gasteiger partial charge in [0.2, 0.25) is 5.79 Å². The van der Waals surface area contributed by atoms with Crippen LogP contribution in [0.2, 0.25) is 0 Å². The molecule has 1 fully saturated rings. The molecule has 3 heterocycles. The van der Waals surface area contributed by atoms with E-state index in [4.69, 9.17) is 9.47 Å². The summed E-state index contributed by atoms with van der Waals surface area (Å²) < 4.78 is 11.6. The van der Waals surface area contributed by atoms with Crippen LogP contribution in [-0.2, 0) is 27.2 Å². The van der Waals surface area contributed by atoms with E-state index >= 15 is 0 Å². The maximum atomic E-state index is 13.3. The molecule has 0 radical (unpaired) electrons. The summed E-state index contributed by atoms with van der Waals surface area (Å²) in [7, 11) is 0. The summed E-state index contributed by atoms with van der Waals surface area (Å²) in [6.45, 7) is -0.672. The number of aliphatic hydroxyl groups excluding tert-OH is 4. The van der Waals surface area contributed by atoms with Gasteiger partial charge in [-0.2, -0.15) is 0 Å². The lowest BCUT2D eigenvalue weighted by Gasteiger charge is -2.50. The Labute approximate surface area is 216 Å². The molecule has 6 atom stereocenters. The van der Waals surface area contributed by atoms with E-state index in [-0.39, 0.29) is 42.2 Å². The normalized spacial score (nSPS) is 30.2. The second-order valence-electron chi connectivity index (χ2n) is 9.58. The van der Waals surface area contributed by atoms with Crippen LogP contribution in [0.15, 0.2) is 36.4 Å². The zero-order chi connectivity index (χ0) is 27.4. The summed E-state index contributed by atoms with van der Waals surface area (Å²) in [5.41, 5.74) is 1.58. The largest absolute Gasteiger partial charge is 0.508 e. The van der Waals surface area contributed by atoms with E-state index in [1.54, 1.807) is 12.1 Å². The number of nitrogens with zero attached hydrogens (tertiary/aromatic N) is 1. The molecule has 7 N–H and O–H groups in total. The van der Waals surface area contributed by atoms with Crippen molar-refractivity contribution in [2.75, 3.05) is 11.5 Å². The molecule has 1 amide bonds. The van der Waals surface area contributed by atoms with Crippen molar-refractivity contribution in [3.63, 3.8) is 0 Å². The molecular formula is C26H27NO11. The zero-order valence-corrected chi connectivity index (χ0v) is 20.0. The molecule has 3 aliphatic rings. The Kier molecular flexibility index (Phi) is 6.53. The minimum Gasteiger partial charge on any atom is -0.508 e. The summed E-state index contributed by atoms with van der Waals surface area (Å²) in [6.07, 6.45) is -3.73. The first kappa shape index (κ1) is 25.9. The van der Waals surface area contributed by atoms with Crippen LogP contribution < -0.4 is 9.64 Å². The Bertz CT molecular complexity index is 1290. The number of hydrogen-bond donors (Lipinski definition) is 7. The number of aromatic hydroxyl groups is 2. The Balaban J connectivity index is 1.53. The Hall–Kier alpha value is -3.68. The molecule has 0 saturated carbocycles. The molecular weight excluding hydrogens is 502 g/mol. The van der Waals surface area contributed by atoms with Crippen LogP contribution in [0.3, 0.4) is 0 Å². The van der Waals surface area contributed by atoms with Crippen molar-refractivity contribution < 1.29 is 54.8 Å². The number of phenols is 2. The van der Waals surface area contributed by atoms with E-state index in [0.717, 1.165) is 4.90 Å². The van der Waals surface area contributed by atoms with Gasteiger partial charge in [-0.3, -0.25) is 9.69 Å². The number of anilines is 1. The predicted molar refractivity (Wildman–Crippen MR) is 130 cm³/mol. The molecule has 5 rings (SSSR count). The fraction of sp³-hybridized carbons (Fsp3) is 0.385. The number of carbonyl (C=O) groups excluding carboxylic acids is 1. The average molecular weight is 529 g/mol. The maximum Gasteiger partial charge on any atom is 0.327 e. The third-order valence-corrected chi connectivity index (χ3v) is 7.24. The third-order valence-electron chi connectivity index (χ3n) is 7.24. The van der Waals surface area contributed by atoms with Crippen LogP contribution in [0, 0.1) is 0 Å². The first-order chi connectivity index (χ1) is 18.1. The highest BCUT2D eigenvalue weighted by molar-refractivity contribution is 6.10. The highest BCUT2D eigenvalue weighted by Crippen LogP contribution is 2.51. The smallest absolute Gasteiger partial charge is 0.327 e. The van der Waals surface area contributed by atoms with Crippen LogP contribution in [-0.4, -0.2) is 90.5 Å². The molecule has 2 aromatic carbocycles. The molecule has 0 aliphatic carbocycles. The Morgan fingerprint density at radius 3 is 2.47 bits per heavy atom. The third kappa shape index (κ3) is 4.16. The average Bonchev–Trinajstić information content (AvgIpc) is 3.29. The molecule has 2 aromatic rings. The fourth-order valence-electron chi connectivity index (χ4n) is 5.33. The number of carboxylic acids is 1. The lowest BCUT2D eigenvalue weighted by atomic mass is 9.86. The van der Waals surface area contributed by atoms with Crippen molar-refractivity contribution >= 4 is 23.6 Å². The monoisotopic (exact) mass is 529 g/mol. The summed E-state index contributed by atoms with van der Waals surface area (Å²) in [5, 5.41) is 70.8. The van der Waals surface area contributed by atoms with Gasteiger partial charge in [-0.1, -0.05) is 12.1 Å². The highest BCUT2D eigenvalue weighted by Gasteiger charge is 2.57. The maximum absolute atomic E-state index is 13.3. The van der Waals surface area contributed by atoms with Gasteiger partial charge < -0.3 is 45.2 Å². The number of aliphatic carboxylic acids is 1. The molecule has 1 spiro atoms. The van der Waals surface area contributed by atoms with Gasteiger partial charge in [0, 0.05) is 24.5 Å². The minimum absolute atomic E-state index is 0.0435. The van der Waals surface area contributed by atoms with E-state index in [1.165, 1.54) is 30.4 Å². The van der Waals surface area contributed by atoms with Gasteiger partial charge in [0.05, 0.1) is 12.3 Å². The van der Waals surface area contributed by atoms with E-state index in [2.05, 4.69) is 0 Å². The first-order valence-electron chi connectivity index (χ1n) is 12.0. The first-order valence-corrected chi connectivity index (χ1v) is 12.0. The number of phenolic OH excluding ortho intramolecular Hbond substituents is 2. The quantitative estimate of drug-likeness (QED) is 0.256. The van der Waals surface area contributed by atoms with Gasteiger partial charge in [-0.05, 0) is 41.8 Å². The van der Waals surface area contributed by atoms with Crippen LogP contribution in [0.25, 0.3) is 6.08 Å². The van der Waals surface area contributed by atoms with Gasteiger partial charge in [-0.15, -0.1) is 0 Å². The number of amides is 1. The molecule has 1 saturated heterocycles. The van der Waals surface area contributed by atoms with Crippen molar-refractivity contribution in [2.24, 2.45) is 0 Å². The highest BCUT2D eigenvalue weighted by atomic mass is 16.7. The molecule has 0 aromatic heterocycles. The van der Waals surface area contributed by atoms with Gasteiger partial charge in [0.25, 0.3) is 5.91 Å². The topological polar surface area (TPSA) is 197 Å². The molecule has 6 unspecified atom stereocenters. The van der Waals surface area contributed by atoms with Gasteiger partial charge in [0.15, 0.2) is 11.5 Å². The van der Waals surface area contributed by atoms with E-state index < -0.39 is 54.7 Å². The lowest BCUT2D eigenvalue weighted by molar-refractivity contribution is -0.342. The van der Waals surface area contributed by atoms with E-state index in [0.29, 0.717) is 16.7 Å². The molecule has 12 heteroatoms. The summed E-state index contributed by atoms with van der Waals surface area (Å²) >= 11 is 0. The number of aliphatic hydroxyl groups is 4. The van der Waals surface area contributed by atoms with Crippen molar-refractivity contribution in [3.05, 3.63) is 53.1 Å². The van der Waals surface area contributed by atoms with E-state index in [9.17, 15) is 45.3 Å². The van der Waals surface area contributed by atoms with Gasteiger partial charge in [-0.25, -0.2) is 4.79 Å².